The van der Waals surface area contributed by atoms with E-state index in [-0.39, 0.29) is 11.5 Å². The van der Waals surface area contributed by atoms with E-state index in [1.807, 2.05) is 0 Å². The lowest BCUT2D eigenvalue weighted by atomic mass is 9.73. The molecule has 3 heteroatoms. The summed E-state index contributed by atoms with van der Waals surface area (Å²) in [5.74, 6) is 1.03. The summed E-state index contributed by atoms with van der Waals surface area (Å²) >= 11 is 0. The SMILES string of the molecule is CC(N)C1(c2ccc3c(c2)CCO3)COC1. The molecule has 1 aromatic rings. The van der Waals surface area contributed by atoms with E-state index in [9.17, 15) is 0 Å². The minimum Gasteiger partial charge on any atom is -0.493 e. The van der Waals surface area contributed by atoms with Gasteiger partial charge in [-0.25, -0.2) is 0 Å². The van der Waals surface area contributed by atoms with Crippen molar-refractivity contribution in [1.29, 1.82) is 0 Å². The van der Waals surface area contributed by atoms with Crippen LogP contribution >= 0.6 is 0 Å². The van der Waals surface area contributed by atoms with E-state index in [4.69, 9.17) is 15.2 Å². The lowest BCUT2D eigenvalue weighted by Gasteiger charge is -2.45. The maximum atomic E-state index is 6.10. The summed E-state index contributed by atoms with van der Waals surface area (Å²) in [6.07, 6.45) is 1.01. The third kappa shape index (κ3) is 1.28. The number of hydrogen-bond acceptors (Lipinski definition) is 3. The largest absolute Gasteiger partial charge is 0.493 e. The Kier molecular flexibility index (Phi) is 2.19. The molecule has 16 heavy (non-hydrogen) atoms. The highest BCUT2D eigenvalue weighted by atomic mass is 16.5. The van der Waals surface area contributed by atoms with Crippen LogP contribution in [0.4, 0.5) is 0 Å². The molecule has 3 rings (SSSR count). The Labute approximate surface area is 95.5 Å². The molecule has 0 aromatic heterocycles. The standard InChI is InChI=1S/C13H17NO2/c1-9(14)13(7-15-8-13)11-2-3-12-10(6-11)4-5-16-12/h2-3,6,9H,4-5,7-8,14H2,1H3. The van der Waals surface area contributed by atoms with Crippen LogP contribution in [-0.4, -0.2) is 25.9 Å². The third-order valence-electron chi connectivity index (χ3n) is 3.86. The Morgan fingerprint density at radius 2 is 2.19 bits per heavy atom. The molecule has 2 N–H and O–H groups in total. The first-order valence-electron chi connectivity index (χ1n) is 5.82. The van der Waals surface area contributed by atoms with Gasteiger partial charge in [0, 0.05) is 12.5 Å². The Morgan fingerprint density at radius 1 is 1.38 bits per heavy atom. The molecule has 2 aliphatic heterocycles. The first-order valence-corrected chi connectivity index (χ1v) is 5.82. The van der Waals surface area contributed by atoms with Crippen LogP contribution < -0.4 is 10.5 Å². The molecule has 0 radical (unpaired) electrons. The van der Waals surface area contributed by atoms with Crippen LogP contribution in [0.2, 0.25) is 0 Å². The second-order valence-corrected chi connectivity index (χ2v) is 4.86. The molecule has 2 heterocycles. The molecular weight excluding hydrogens is 202 g/mol. The molecule has 0 saturated carbocycles. The summed E-state index contributed by atoms with van der Waals surface area (Å²) in [5.41, 5.74) is 8.74. The summed E-state index contributed by atoms with van der Waals surface area (Å²) in [7, 11) is 0. The second-order valence-electron chi connectivity index (χ2n) is 4.86. The Morgan fingerprint density at radius 3 is 2.81 bits per heavy atom. The van der Waals surface area contributed by atoms with Crippen molar-refractivity contribution in [2.24, 2.45) is 5.73 Å². The van der Waals surface area contributed by atoms with E-state index in [1.165, 1.54) is 11.1 Å². The molecule has 1 atom stereocenters. The van der Waals surface area contributed by atoms with Crippen molar-refractivity contribution in [2.75, 3.05) is 19.8 Å². The maximum Gasteiger partial charge on any atom is 0.122 e. The highest BCUT2D eigenvalue weighted by molar-refractivity contribution is 5.43. The van der Waals surface area contributed by atoms with Crippen molar-refractivity contribution in [1.82, 2.24) is 0 Å². The highest BCUT2D eigenvalue weighted by Crippen LogP contribution is 2.38. The van der Waals surface area contributed by atoms with Crippen LogP contribution in [0, 0.1) is 0 Å². The van der Waals surface area contributed by atoms with Crippen LogP contribution in [0.3, 0.4) is 0 Å². The predicted molar refractivity (Wildman–Crippen MR) is 61.8 cm³/mol. The van der Waals surface area contributed by atoms with E-state index in [2.05, 4.69) is 25.1 Å². The molecule has 1 unspecified atom stereocenters. The van der Waals surface area contributed by atoms with Gasteiger partial charge in [-0.15, -0.1) is 0 Å². The summed E-state index contributed by atoms with van der Waals surface area (Å²) in [4.78, 5) is 0. The van der Waals surface area contributed by atoms with Gasteiger partial charge in [-0.05, 0) is 24.1 Å². The average Bonchev–Trinajstić information content (AvgIpc) is 2.62. The van der Waals surface area contributed by atoms with Crippen molar-refractivity contribution in [3.8, 4) is 5.75 Å². The molecule has 86 valence electrons. The molecule has 3 nitrogen and oxygen atoms in total. The van der Waals surface area contributed by atoms with Gasteiger partial charge in [0.2, 0.25) is 0 Å². The zero-order valence-electron chi connectivity index (χ0n) is 9.53. The van der Waals surface area contributed by atoms with Crippen LogP contribution in [0.15, 0.2) is 18.2 Å². The Balaban J connectivity index is 2.00. The summed E-state index contributed by atoms with van der Waals surface area (Å²) in [6.45, 7) is 4.35. The van der Waals surface area contributed by atoms with Gasteiger partial charge >= 0.3 is 0 Å². The number of hydrogen-bond donors (Lipinski definition) is 1. The minimum absolute atomic E-state index is 0.0254. The number of ether oxygens (including phenoxy) is 2. The van der Waals surface area contributed by atoms with E-state index in [0.717, 1.165) is 32.0 Å². The molecule has 0 spiro atoms. The van der Waals surface area contributed by atoms with Crippen molar-refractivity contribution in [3.63, 3.8) is 0 Å². The van der Waals surface area contributed by atoms with Crippen molar-refractivity contribution < 1.29 is 9.47 Å². The lowest BCUT2D eigenvalue weighted by molar-refractivity contribution is -0.0701. The first-order chi connectivity index (χ1) is 7.72. The van der Waals surface area contributed by atoms with E-state index in [0.29, 0.717) is 0 Å². The highest BCUT2D eigenvalue weighted by Gasteiger charge is 2.44. The summed E-state index contributed by atoms with van der Waals surface area (Å²) < 4.78 is 10.9. The first kappa shape index (κ1) is 10.1. The zero-order chi connectivity index (χ0) is 11.2. The van der Waals surface area contributed by atoms with Gasteiger partial charge in [-0.1, -0.05) is 12.1 Å². The quantitative estimate of drug-likeness (QED) is 0.814. The maximum absolute atomic E-state index is 6.10. The second kappa shape index (κ2) is 3.47. The van der Waals surface area contributed by atoms with Gasteiger partial charge in [0.05, 0.1) is 25.2 Å². The van der Waals surface area contributed by atoms with Gasteiger partial charge in [0.25, 0.3) is 0 Å². The van der Waals surface area contributed by atoms with Gasteiger partial charge in [0.1, 0.15) is 5.75 Å². The van der Waals surface area contributed by atoms with E-state index >= 15 is 0 Å². The molecule has 0 amide bonds. The topological polar surface area (TPSA) is 44.5 Å². The fourth-order valence-electron chi connectivity index (χ4n) is 2.51. The number of fused-ring (bicyclic) bond motifs is 1. The average molecular weight is 219 g/mol. The molecule has 1 saturated heterocycles. The Bertz CT molecular complexity index is 410. The van der Waals surface area contributed by atoms with Gasteiger partial charge in [0.15, 0.2) is 0 Å². The molecule has 2 aliphatic rings. The van der Waals surface area contributed by atoms with E-state index in [1.54, 1.807) is 0 Å². The fraction of sp³-hybridized carbons (Fsp3) is 0.538. The van der Waals surface area contributed by atoms with Crippen molar-refractivity contribution >= 4 is 0 Å². The smallest absolute Gasteiger partial charge is 0.122 e. The number of benzene rings is 1. The number of nitrogens with two attached hydrogens (primary N) is 1. The summed E-state index contributed by atoms with van der Waals surface area (Å²) in [6, 6.07) is 6.58. The molecule has 0 bridgehead atoms. The lowest BCUT2D eigenvalue weighted by Crippen LogP contribution is -2.57. The third-order valence-corrected chi connectivity index (χ3v) is 3.86. The van der Waals surface area contributed by atoms with Crippen molar-refractivity contribution in [2.45, 2.75) is 24.8 Å². The molecule has 1 fully saturated rings. The van der Waals surface area contributed by atoms with Crippen LogP contribution in [-0.2, 0) is 16.6 Å². The van der Waals surface area contributed by atoms with Gasteiger partial charge < -0.3 is 15.2 Å². The predicted octanol–water partition coefficient (Wildman–Crippen LogP) is 1.24. The van der Waals surface area contributed by atoms with E-state index < -0.39 is 0 Å². The number of rotatable bonds is 2. The molecule has 0 aliphatic carbocycles. The van der Waals surface area contributed by atoms with Crippen molar-refractivity contribution in [3.05, 3.63) is 29.3 Å². The van der Waals surface area contributed by atoms with Crippen LogP contribution in [0.25, 0.3) is 0 Å². The fourth-order valence-corrected chi connectivity index (χ4v) is 2.51. The van der Waals surface area contributed by atoms with Gasteiger partial charge in [-0.3, -0.25) is 0 Å². The van der Waals surface area contributed by atoms with Gasteiger partial charge in [-0.2, -0.15) is 0 Å². The summed E-state index contributed by atoms with van der Waals surface area (Å²) in [5, 5.41) is 0. The molecule has 1 aromatic carbocycles. The monoisotopic (exact) mass is 219 g/mol. The van der Waals surface area contributed by atoms with Crippen LogP contribution in [0.5, 0.6) is 5.75 Å². The normalized spacial score (nSPS) is 23.1. The zero-order valence-corrected chi connectivity index (χ0v) is 9.53. The van der Waals surface area contributed by atoms with Crippen LogP contribution in [0.1, 0.15) is 18.1 Å². The molecular formula is C13H17NO2. The Hall–Kier alpha value is -1.06. The minimum atomic E-state index is 0.0254.